The number of benzene rings is 2. The Balaban J connectivity index is 0.000000190. The second-order valence-electron chi connectivity index (χ2n) is 10.4. The van der Waals surface area contributed by atoms with Gasteiger partial charge in [0.1, 0.15) is 0 Å². The van der Waals surface area contributed by atoms with E-state index in [1.807, 2.05) is 37.4 Å². The molecular formula is C32H40N2O6. The number of piperidine rings is 3. The van der Waals surface area contributed by atoms with Crippen LogP contribution in [-0.2, 0) is 4.79 Å². The number of carboxylic acids is 1. The zero-order chi connectivity index (χ0) is 28.8. The molecule has 3 aliphatic rings. The number of pyridine rings is 1. The van der Waals surface area contributed by atoms with E-state index in [2.05, 4.69) is 28.6 Å². The fourth-order valence-electron chi connectivity index (χ4n) is 6.14. The van der Waals surface area contributed by atoms with Crippen molar-refractivity contribution < 1.29 is 29.2 Å². The van der Waals surface area contributed by atoms with E-state index in [1.165, 1.54) is 27.8 Å². The van der Waals surface area contributed by atoms with Crippen LogP contribution in [0.5, 0.6) is 17.2 Å². The molecule has 4 heterocycles. The van der Waals surface area contributed by atoms with Gasteiger partial charge in [-0.2, -0.15) is 0 Å². The summed E-state index contributed by atoms with van der Waals surface area (Å²) in [6, 6.07) is 13.6. The van der Waals surface area contributed by atoms with E-state index in [1.54, 1.807) is 12.1 Å². The van der Waals surface area contributed by atoms with E-state index < -0.39 is 18.0 Å². The highest BCUT2D eigenvalue weighted by molar-refractivity contribution is 5.82. The van der Waals surface area contributed by atoms with Gasteiger partial charge in [0, 0.05) is 24.2 Å². The maximum absolute atomic E-state index is 11.2. The molecule has 0 radical (unpaired) electrons. The molecule has 2 aromatic carbocycles. The van der Waals surface area contributed by atoms with Gasteiger partial charge >= 0.3 is 5.97 Å². The SMILES string of the molecule is C=C[C@H]1CN2CC[C@H]1C[C@H]2[C@H](O)c1ccnc2ccccc12.CC[C@H](C(=O)O)c1cc(OC)c(OC)c(OC)c1. The predicted octanol–water partition coefficient (Wildman–Crippen LogP) is 5.46. The summed E-state index contributed by atoms with van der Waals surface area (Å²) in [7, 11) is 4.51. The van der Waals surface area contributed by atoms with E-state index in [-0.39, 0.29) is 6.04 Å². The van der Waals surface area contributed by atoms with E-state index in [0.717, 1.165) is 36.0 Å². The van der Waals surface area contributed by atoms with Crippen molar-refractivity contribution in [3.63, 3.8) is 0 Å². The van der Waals surface area contributed by atoms with Gasteiger partial charge in [0.2, 0.25) is 5.75 Å². The van der Waals surface area contributed by atoms with Crippen LogP contribution in [-0.4, -0.2) is 66.5 Å². The van der Waals surface area contributed by atoms with E-state index in [4.69, 9.17) is 19.3 Å². The van der Waals surface area contributed by atoms with Crippen LogP contribution >= 0.6 is 0 Å². The molecule has 1 unspecified atom stereocenters. The zero-order valence-electron chi connectivity index (χ0n) is 23.7. The minimum Gasteiger partial charge on any atom is -0.493 e. The first kappa shape index (κ1) is 29.4. The smallest absolute Gasteiger partial charge is 0.310 e. The quantitative estimate of drug-likeness (QED) is 0.340. The van der Waals surface area contributed by atoms with Gasteiger partial charge in [-0.25, -0.2) is 0 Å². The molecule has 6 rings (SSSR count). The molecule has 6 atom stereocenters. The summed E-state index contributed by atoms with van der Waals surface area (Å²) in [5.41, 5.74) is 2.61. The number of para-hydroxylation sites is 1. The van der Waals surface area contributed by atoms with Crippen LogP contribution in [0.3, 0.4) is 0 Å². The highest BCUT2D eigenvalue weighted by Gasteiger charge is 2.42. The Kier molecular flexibility index (Phi) is 9.66. The van der Waals surface area contributed by atoms with Crippen LogP contribution in [0.15, 0.2) is 61.3 Å². The summed E-state index contributed by atoms with van der Waals surface area (Å²) in [4.78, 5) is 18.0. The molecular weight excluding hydrogens is 508 g/mol. The maximum Gasteiger partial charge on any atom is 0.310 e. The van der Waals surface area contributed by atoms with Gasteiger partial charge in [0.25, 0.3) is 0 Å². The molecule has 40 heavy (non-hydrogen) atoms. The third kappa shape index (κ3) is 5.93. The number of fused-ring (bicyclic) bond motifs is 4. The van der Waals surface area contributed by atoms with Gasteiger partial charge < -0.3 is 24.4 Å². The maximum atomic E-state index is 11.2. The molecule has 2 bridgehead atoms. The molecule has 8 heteroatoms. The lowest BCUT2D eigenvalue weighted by atomic mass is 9.73. The van der Waals surface area contributed by atoms with Crippen molar-refractivity contribution in [2.24, 2.45) is 11.8 Å². The first-order valence-corrected chi connectivity index (χ1v) is 13.8. The van der Waals surface area contributed by atoms with Gasteiger partial charge in [-0.3, -0.25) is 14.7 Å². The summed E-state index contributed by atoms with van der Waals surface area (Å²) < 4.78 is 15.6. The fraction of sp³-hybridized carbons (Fsp3) is 0.438. The normalized spacial score (nSPS) is 22.9. The van der Waals surface area contributed by atoms with Gasteiger partial charge in [-0.15, -0.1) is 6.58 Å². The highest BCUT2D eigenvalue weighted by Crippen LogP contribution is 2.42. The molecule has 0 spiro atoms. The van der Waals surface area contributed by atoms with Crippen molar-refractivity contribution >= 4 is 16.9 Å². The van der Waals surface area contributed by atoms with Crippen molar-refractivity contribution in [2.45, 2.75) is 44.2 Å². The van der Waals surface area contributed by atoms with Crippen molar-refractivity contribution in [1.29, 1.82) is 0 Å². The largest absolute Gasteiger partial charge is 0.493 e. The van der Waals surface area contributed by atoms with E-state index in [9.17, 15) is 9.90 Å². The van der Waals surface area contributed by atoms with Gasteiger partial charge in [0.15, 0.2) is 11.5 Å². The minimum atomic E-state index is -0.869. The van der Waals surface area contributed by atoms with Crippen LogP contribution in [0.2, 0.25) is 0 Å². The average Bonchev–Trinajstić information content (AvgIpc) is 3.00. The molecule has 214 valence electrons. The topological polar surface area (TPSA) is 101 Å². The number of aliphatic hydroxyl groups is 1. The third-order valence-electron chi connectivity index (χ3n) is 8.32. The number of carbonyl (C=O) groups is 1. The number of methoxy groups -OCH3 is 3. The Morgan fingerprint density at radius 3 is 2.40 bits per heavy atom. The van der Waals surface area contributed by atoms with Crippen LogP contribution in [0.4, 0.5) is 0 Å². The van der Waals surface area contributed by atoms with Crippen LogP contribution in [0.1, 0.15) is 49.3 Å². The summed E-state index contributed by atoms with van der Waals surface area (Å²) in [6.07, 6.45) is 6.26. The lowest BCUT2D eigenvalue weighted by Gasteiger charge is -2.50. The minimum absolute atomic E-state index is 0.223. The van der Waals surface area contributed by atoms with Crippen molar-refractivity contribution in [3.05, 3.63) is 72.4 Å². The Labute approximate surface area is 236 Å². The van der Waals surface area contributed by atoms with Gasteiger partial charge in [0.05, 0.1) is 38.9 Å². The third-order valence-corrected chi connectivity index (χ3v) is 8.32. The van der Waals surface area contributed by atoms with Crippen LogP contribution in [0.25, 0.3) is 10.9 Å². The summed E-state index contributed by atoms with van der Waals surface area (Å²) in [6.45, 7) is 7.93. The lowest BCUT2D eigenvalue weighted by Crippen LogP contribution is -2.54. The number of hydrogen-bond donors (Lipinski definition) is 2. The number of hydrogen-bond acceptors (Lipinski definition) is 7. The fourth-order valence-corrected chi connectivity index (χ4v) is 6.14. The van der Waals surface area contributed by atoms with Gasteiger partial charge in [-0.05, 0) is 73.0 Å². The number of nitrogens with zero attached hydrogens (tertiary/aromatic N) is 2. The van der Waals surface area contributed by atoms with Gasteiger partial charge in [-0.1, -0.05) is 31.2 Å². The number of aliphatic hydroxyl groups excluding tert-OH is 1. The van der Waals surface area contributed by atoms with Crippen molar-refractivity contribution in [2.75, 3.05) is 34.4 Å². The Morgan fingerprint density at radius 1 is 1.15 bits per heavy atom. The Hall–Kier alpha value is -3.62. The molecule has 8 nitrogen and oxygen atoms in total. The molecule has 3 fully saturated rings. The predicted molar refractivity (Wildman–Crippen MR) is 155 cm³/mol. The molecule has 0 amide bonds. The van der Waals surface area contributed by atoms with Crippen LogP contribution in [0, 0.1) is 11.8 Å². The monoisotopic (exact) mass is 548 g/mol. The highest BCUT2D eigenvalue weighted by atomic mass is 16.5. The molecule has 1 aromatic heterocycles. The number of ether oxygens (including phenoxy) is 3. The Bertz CT molecular complexity index is 1300. The zero-order valence-corrected chi connectivity index (χ0v) is 23.7. The Morgan fingerprint density at radius 2 is 1.85 bits per heavy atom. The molecule has 3 saturated heterocycles. The molecule has 3 aromatic rings. The number of rotatable bonds is 9. The van der Waals surface area contributed by atoms with Crippen molar-refractivity contribution in [3.8, 4) is 17.2 Å². The van der Waals surface area contributed by atoms with Crippen LogP contribution < -0.4 is 14.2 Å². The number of aliphatic carboxylic acids is 1. The molecule has 0 aliphatic carbocycles. The second-order valence-corrected chi connectivity index (χ2v) is 10.4. The van der Waals surface area contributed by atoms with Crippen molar-refractivity contribution in [1.82, 2.24) is 9.88 Å². The summed E-state index contributed by atoms with van der Waals surface area (Å²) >= 11 is 0. The summed E-state index contributed by atoms with van der Waals surface area (Å²) in [5, 5.41) is 21.3. The first-order valence-electron chi connectivity index (χ1n) is 13.8. The molecule has 3 aliphatic heterocycles. The first-order chi connectivity index (χ1) is 19.4. The van der Waals surface area contributed by atoms with E-state index >= 15 is 0 Å². The van der Waals surface area contributed by atoms with E-state index in [0.29, 0.717) is 41.1 Å². The summed E-state index contributed by atoms with van der Waals surface area (Å²) in [5.74, 6) is 1.20. The second kappa shape index (κ2) is 13.2. The number of aromatic nitrogens is 1. The lowest BCUT2D eigenvalue weighted by molar-refractivity contribution is -0.138. The molecule has 2 N–H and O–H groups in total. The average molecular weight is 549 g/mol. The standard InChI is InChI=1S/C19H22N2O.C13H18O5/c1-2-13-12-21-10-8-14(13)11-18(21)19(22)16-7-9-20-17-6-4-3-5-15(16)17;1-5-9(13(14)15)8-6-10(16-2)12(18-4)11(7-8)17-3/h2-7,9,13-14,18-19,22H,1,8,10-12H2;6-7,9H,5H2,1-4H3,(H,14,15)/t13-,14-,18-,19+;9-/m00/s1. The number of carboxylic acid groups (broad SMARTS) is 1. The molecule has 0 saturated carbocycles.